The van der Waals surface area contributed by atoms with Crippen LogP contribution in [0, 0.1) is 0 Å². The summed E-state index contributed by atoms with van der Waals surface area (Å²) in [5.74, 6) is -0.867. The van der Waals surface area contributed by atoms with Crippen LogP contribution in [0.1, 0.15) is 18.1 Å². The van der Waals surface area contributed by atoms with Crippen LogP contribution in [-0.2, 0) is 14.3 Å². The van der Waals surface area contributed by atoms with Gasteiger partial charge in [-0.3, -0.25) is 4.79 Å². The quantitative estimate of drug-likeness (QED) is 0.642. The summed E-state index contributed by atoms with van der Waals surface area (Å²) >= 11 is 0. The predicted molar refractivity (Wildman–Crippen MR) is 89.4 cm³/mol. The van der Waals surface area contributed by atoms with Crippen LogP contribution in [0.2, 0.25) is 0 Å². The fourth-order valence-corrected chi connectivity index (χ4v) is 2.88. The summed E-state index contributed by atoms with van der Waals surface area (Å²) in [6, 6.07) is 19.1. The van der Waals surface area contributed by atoms with E-state index in [4.69, 9.17) is 4.74 Å². The first-order valence-corrected chi connectivity index (χ1v) is 7.34. The molecule has 1 aliphatic rings. The van der Waals surface area contributed by atoms with Crippen LogP contribution < -0.4 is 0 Å². The number of methoxy groups -OCH3 is 1. The molecule has 0 atom stereocenters. The maximum Gasteiger partial charge on any atom is 0.342 e. The van der Waals surface area contributed by atoms with Crippen molar-refractivity contribution in [2.24, 2.45) is 0 Å². The lowest BCUT2D eigenvalue weighted by Crippen LogP contribution is -2.13. The van der Waals surface area contributed by atoms with Gasteiger partial charge in [0.1, 0.15) is 5.57 Å². The molecule has 3 heteroatoms. The molecule has 0 amide bonds. The van der Waals surface area contributed by atoms with Crippen LogP contribution in [0.5, 0.6) is 0 Å². The molecule has 0 fully saturated rings. The van der Waals surface area contributed by atoms with Gasteiger partial charge in [0.2, 0.25) is 0 Å². The molecule has 1 aliphatic carbocycles. The van der Waals surface area contributed by atoms with Crippen molar-refractivity contribution >= 4 is 22.9 Å². The molecule has 2 aromatic rings. The van der Waals surface area contributed by atoms with E-state index >= 15 is 0 Å². The van der Waals surface area contributed by atoms with Gasteiger partial charge in [0.25, 0.3) is 0 Å². The first-order chi connectivity index (χ1) is 11.1. The van der Waals surface area contributed by atoms with Crippen LogP contribution in [-0.4, -0.2) is 18.9 Å². The molecule has 2 aromatic carbocycles. The van der Waals surface area contributed by atoms with E-state index in [-0.39, 0.29) is 11.4 Å². The Morgan fingerprint density at radius 3 is 1.78 bits per heavy atom. The van der Waals surface area contributed by atoms with Crippen molar-refractivity contribution < 1.29 is 14.3 Å². The van der Waals surface area contributed by atoms with Crippen LogP contribution >= 0.6 is 0 Å². The minimum absolute atomic E-state index is 0.107. The van der Waals surface area contributed by atoms with Crippen molar-refractivity contribution in [1.29, 1.82) is 0 Å². The SMILES string of the molecule is COC(=O)C1=C(c2ccccc2)C(c2ccccc2)=C(C)C1=O. The van der Waals surface area contributed by atoms with E-state index in [9.17, 15) is 9.59 Å². The van der Waals surface area contributed by atoms with Crippen molar-refractivity contribution in [3.8, 4) is 0 Å². The van der Waals surface area contributed by atoms with Gasteiger partial charge in [-0.25, -0.2) is 4.79 Å². The Morgan fingerprint density at radius 1 is 0.826 bits per heavy atom. The van der Waals surface area contributed by atoms with Crippen molar-refractivity contribution in [2.45, 2.75) is 6.92 Å². The maximum atomic E-state index is 12.7. The Balaban J connectivity index is 2.30. The van der Waals surface area contributed by atoms with E-state index in [1.165, 1.54) is 7.11 Å². The number of hydrogen-bond acceptors (Lipinski definition) is 3. The molecular formula is C20H16O3. The highest BCUT2D eigenvalue weighted by molar-refractivity contribution is 6.40. The van der Waals surface area contributed by atoms with Crippen LogP contribution in [0.25, 0.3) is 11.1 Å². The topological polar surface area (TPSA) is 43.4 Å². The summed E-state index contributed by atoms with van der Waals surface area (Å²) in [6.07, 6.45) is 0. The van der Waals surface area contributed by atoms with E-state index < -0.39 is 5.97 Å². The molecule has 0 saturated heterocycles. The van der Waals surface area contributed by atoms with Crippen LogP contribution in [0.3, 0.4) is 0 Å². The summed E-state index contributed by atoms with van der Waals surface area (Å²) in [6.45, 7) is 1.75. The number of ketones is 1. The number of allylic oxidation sites excluding steroid dienone is 3. The van der Waals surface area contributed by atoms with Crippen molar-refractivity contribution in [2.75, 3.05) is 7.11 Å². The number of hydrogen-bond donors (Lipinski definition) is 0. The number of Topliss-reactive ketones (excluding diaryl/α,β-unsaturated/α-hetero) is 1. The standard InChI is InChI=1S/C20H16O3/c1-13-16(14-9-5-3-6-10-14)17(15-11-7-4-8-12-15)18(19(13)21)20(22)23-2/h3-12H,1-2H3. The lowest BCUT2D eigenvalue weighted by Gasteiger charge is -2.11. The van der Waals surface area contributed by atoms with Gasteiger partial charge in [-0.2, -0.15) is 0 Å². The van der Waals surface area contributed by atoms with Gasteiger partial charge >= 0.3 is 5.97 Å². The summed E-state index contributed by atoms with van der Waals surface area (Å²) in [7, 11) is 1.29. The molecule has 0 N–H and O–H groups in total. The Hall–Kier alpha value is -2.94. The molecule has 0 spiro atoms. The molecular weight excluding hydrogens is 288 g/mol. The number of esters is 1. The van der Waals surface area contributed by atoms with Crippen molar-refractivity contribution in [3.05, 3.63) is 82.9 Å². The average molecular weight is 304 g/mol. The third-order valence-electron chi connectivity index (χ3n) is 3.96. The van der Waals surface area contributed by atoms with Crippen molar-refractivity contribution in [1.82, 2.24) is 0 Å². The molecule has 0 saturated carbocycles. The molecule has 23 heavy (non-hydrogen) atoms. The summed E-state index contributed by atoms with van der Waals surface area (Å²) in [5.41, 5.74) is 3.85. The van der Waals surface area contributed by atoms with Gasteiger partial charge in [-0.15, -0.1) is 0 Å². The van der Waals surface area contributed by atoms with Gasteiger partial charge in [0, 0.05) is 11.1 Å². The van der Waals surface area contributed by atoms with E-state index in [0.29, 0.717) is 11.1 Å². The minimum Gasteiger partial charge on any atom is -0.465 e. The molecule has 3 rings (SSSR count). The number of benzene rings is 2. The minimum atomic E-state index is -0.598. The molecule has 0 aromatic heterocycles. The zero-order valence-electron chi connectivity index (χ0n) is 13.0. The first kappa shape index (κ1) is 15.0. The molecule has 3 nitrogen and oxygen atoms in total. The van der Waals surface area contributed by atoms with Gasteiger partial charge in [0.15, 0.2) is 5.78 Å². The van der Waals surface area contributed by atoms with Crippen molar-refractivity contribution in [3.63, 3.8) is 0 Å². The summed E-state index contributed by atoms with van der Waals surface area (Å²) < 4.78 is 4.84. The highest BCUT2D eigenvalue weighted by Crippen LogP contribution is 2.42. The van der Waals surface area contributed by atoms with E-state index in [2.05, 4.69) is 0 Å². The lowest BCUT2D eigenvalue weighted by molar-refractivity contribution is -0.137. The molecule has 0 unspecified atom stereocenters. The number of rotatable bonds is 3. The zero-order chi connectivity index (χ0) is 16.4. The fraction of sp³-hybridized carbons (Fsp3) is 0.100. The van der Waals surface area contributed by atoms with E-state index in [0.717, 1.165) is 16.7 Å². The molecule has 0 bridgehead atoms. The van der Waals surface area contributed by atoms with E-state index in [1.54, 1.807) is 6.92 Å². The number of carbonyl (C=O) groups excluding carboxylic acids is 2. The van der Waals surface area contributed by atoms with Gasteiger partial charge < -0.3 is 4.74 Å². The monoisotopic (exact) mass is 304 g/mol. The van der Waals surface area contributed by atoms with Crippen LogP contribution in [0.15, 0.2) is 71.8 Å². The second-order valence-electron chi connectivity index (χ2n) is 5.30. The maximum absolute atomic E-state index is 12.7. The van der Waals surface area contributed by atoms with Crippen LogP contribution in [0.4, 0.5) is 0 Å². The molecule has 0 radical (unpaired) electrons. The average Bonchev–Trinajstić information content (AvgIpc) is 2.87. The molecule has 114 valence electrons. The smallest absolute Gasteiger partial charge is 0.342 e. The van der Waals surface area contributed by atoms with Gasteiger partial charge in [-0.1, -0.05) is 60.7 Å². The van der Waals surface area contributed by atoms with E-state index in [1.807, 2.05) is 60.7 Å². The van der Waals surface area contributed by atoms with Gasteiger partial charge in [0.05, 0.1) is 7.11 Å². The molecule has 0 aliphatic heterocycles. The zero-order valence-corrected chi connectivity index (χ0v) is 13.0. The highest BCUT2D eigenvalue weighted by Gasteiger charge is 2.35. The first-order valence-electron chi connectivity index (χ1n) is 7.34. The summed E-state index contributed by atoms with van der Waals surface area (Å²) in [5, 5.41) is 0. The lowest BCUT2D eigenvalue weighted by atomic mass is 9.92. The Bertz CT molecular complexity index is 828. The normalized spacial score (nSPS) is 14.4. The predicted octanol–water partition coefficient (Wildman–Crippen LogP) is 3.67. The third kappa shape index (κ3) is 2.50. The second-order valence-corrected chi connectivity index (χ2v) is 5.30. The Kier molecular flexibility index (Phi) is 3.94. The highest BCUT2D eigenvalue weighted by atomic mass is 16.5. The fourth-order valence-electron chi connectivity index (χ4n) is 2.88. The Labute approximate surface area is 134 Å². The largest absolute Gasteiger partial charge is 0.465 e. The third-order valence-corrected chi connectivity index (χ3v) is 3.96. The van der Waals surface area contributed by atoms with Gasteiger partial charge in [-0.05, 0) is 23.6 Å². The molecule has 0 heterocycles. The number of ether oxygens (including phenoxy) is 1. The Morgan fingerprint density at radius 2 is 1.30 bits per heavy atom. The second kappa shape index (κ2) is 6.05. The number of carbonyl (C=O) groups is 2. The summed E-state index contributed by atoms with van der Waals surface area (Å²) in [4.78, 5) is 24.9.